The first kappa shape index (κ1) is 11.5. The Morgan fingerprint density at radius 2 is 2.19 bits per heavy atom. The van der Waals surface area contributed by atoms with Gasteiger partial charge in [0.05, 0.1) is 12.2 Å². The summed E-state index contributed by atoms with van der Waals surface area (Å²) >= 11 is 3.43. The first-order chi connectivity index (χ1) is 7.47. The molecule has 4 heteroatoms. The third kappa shape index (κ3) is 1.61. The zero-order valence-corrected chi connectivity index (χ0v) is 11.1. The van der Waals surface area contributed by atoms with E-state index in [0.29, 0.717) is 12.2 Å². The Morgan fingerprint density at radius 1 is 1.50 bits per heavy atom. The second-order valence-electron chi connectivity index (χ2n) is 4.55. The van der Waals surface area contributed by atoms with Crippen LogP contribution in [0.1, 0.15) is 29.8 Å². The van der Waals surface area contributed by atoms with Crippen LogP contribution in [0.4, 0.5) is 0 Å². The van der Waals surface area contributed by atoms with Crippen LogP contribution in [0.5, 0.6) is 5.75 Å². The molecule has 1 aliphatic rings. The number of halogens is 1. The summed E-state index contributed by atoms with van der Waals surface area (Å²) < 4.78 is 6.41. The molecule has 1 aromatic carbocycles. The topological polar surface area (TPSA) is 38.3 Å². The van der Waals surface area contributed by atoms with Gasteiger partial charge in [-0.05, 0) is 28.1 Å². The molecule has 1 aliphatic heterocycles. The number of fused-ring (bicyclic) bond motifs is 1. The van der Waals surface area contributed by atoms with Crippen LogP contribution in [0.2, 0.25) is 0 Å². The smallest absolute Gasteiger partial charge is 0.252 e. The summed E-state index contributed by atoms with van der Waals surface area (Å²) in [6.45, 7) is 4.78. The van der Waals surface area contributed by atoms with E-state index in [1.54, 1.807) is 7.05 Å². The van der Waals surface area contributed by atoms with Gasteiger partial charge in [0.1, 0.15) is 5.75 Å². The molecule has 0 unspecified atom stereocenters. The molecule has 0 saturated heterocycles. The molecule has 0 saturated carbocycles. The molecule has 2 rings (SSSR count). The van der Waals surface area contributed by atoms with Gasteiger partial charge in [0.25, 0.3) is 5.91 Å². The molecule has 16 heavy (non-hydrogen) atoms. The van der Waals surface area contributed by atoms with Crippen LogP contribution in [-0.4, -0.2) is 19.6 Å². The molecule has 86 valence electrons. The van der Waals surface area contributed by atoms with E-state index >= 15 is 0 Å². The quantitative estimate of drug-likeness (QED) is 0.860. The molecule has 0 aliphatic carbocycles. The third-order valence-electron chi connectivity index (χ3n) is 2.84. The van der Waals surface area contributed by atoms with Gasteiger partial charge in [-0.15, -0.1) is 0 Å². The highest BCUT2D eigenvalue weighted by Gasteiger charge is 2.36. The van der Waals surface area contributed by atoms with Gasteiger partial charge in [0.15, 0.2) is 0 Å². The molecule has 0 bridgehead atoms. The van der Waals surface area contributed by atoms with Crippen LogP contribution in [0.15, 0.2) is 16.6 Å². The van der Waals surface area contributed by atoms with Gasteiger partial charge in [-0.3, -0.25) is 4.79 Å². The molecule has 1 heterocycles. The monoisotopic (exact) mass is 283 g/mol. The number of benzene rings is 1. The van der Waals surface area contributed by atoms with Gasteiger partial charge in [-0.25, -0.2) is 0 Å². The maximum Gasteiger partial charge on any atom is 0.252 e. The van der Waals surface area contributed by atoms with Gasteiger partial charge in [0, 0.05) is 22.5 Å². The fraction of sp³-hybridized carbons (Fsp3) is 0.417. The highest BCUT2D eigenvalue weighted by Crippen LogP contribution is 2.43. The largest absolute Gasteiger partial charge is 0.492 e. The molecule has 0 aromatic heterocycles. The normalized spacial score (nSPS) is 16.5. The predicted molar refractivity (Wildman–Crippen MR) is 66.1 cm³/mol. The Hall–Kier alpha value is -1.03. The summed E-state index contributed by atoms with van der Waals surface area (Å²) in [5.74, 6) is 0.731. The number of hydrogen-bond acceptors (Lipinski definition) is 2. The van der Waals surface area contributed by atoms with Gasteiger partial charge < -0.3 is 10.1 Å². The minimum Gasteiger partial charge on any atom is -0.492 e. The Balaban J connectivity index is 2.69. The zero-order chi connectivity index (χ0) is 11.9. The average Bonchev–Trinajstić information content (AvgIpc) is 2.54. The van der Waals surface area contributed by atoms with Crippen molar-refractivity contribution in [1.82, 2.24) is 5.32 Å². The van der Waals surface area contributed by atoms with Crippen molar-refractivity contribution in [2.45, 2.75) is 19.3 Å². The van der Waals surface area contributed by atoms with Crippen LogP contribution >= 0.6 is 15.9 Å². The van der Waals surface area contributed by atoms with Crippen molar-refractivity contribution < 1.29 is 9.53 Å². The minimum absolute atomic E-state index is 0.0812. The van der Waals surface area contributed by atoms with E-state index in [1.165, 1.54) is 0 Å². The molecular weight excluding hydrogens is 270 g/mol. The number of ether oxygens (including phenoxy) is 1. The van der Waals surface area contributed by atoms with E-state index < -0.39 is 0 Å². The van der Waals surface area contributed by atoms with Crippen molar-refractivity contribution in [2.75, 3.05) is 13.7 Å². The maximum absolute atomic E-state index is 11.9. The Bertz CT molecular complexity index is 455. The van der Waals surface area contributed by atoms with Crippen LogP contribution in [0, 0.1) is 0 Å². The number of hydrogen-bond donors (Lipinski definition) is 1. The summed E-state index contributed by atoms with van der Waals surface area (Å²) in [6, 6.07) is 3.76. The van der Waals surface area contributed by atoms with Gasteiger partial charge in [-0.1, -0.05) is 13.8 Å². The van der Waals surface area contributed by atoms with E-state index in [2.05, 4.69) is 35.1 Å². The molecule has 1 N–H and O–H groups in total. The second kappa shape index (κ2) is 3.77. The zero-order valence-electron chi connectivity index (χ0n) is 9.56. The van der Waals surface area contributed by atoms with Crippen LogP contribution in [0.25, 0.3) is 0 Å². The number of carbonyl (C=O) groups excluding carboxylic acids is 1. The van der Waals surface area contributed by atoms with E-state index in [1.807, 2.05) is 12.1 Å². The molecule has 0 spiro atoms. The molecular formula is C12H14BrNO2. The summed E-state index contributed by atoms with van der Waals surface area (Å²) in [5, 5.41) is 2.67. The number of carbonyl (C=O) groups is 1. The predicted octanol–water partition coefficient (Wildman–Crippen LogP) is 2.48. The van der Waals surface area contributed by atoms with Crippen molar-refractivity contribution in [1.29, 1.82) is 0 Å². The molecule has 0 fully saturated rings. The highest BCUT2D eigenvalue weighted by molar-refractivity contribution is 9.10. The Kier molecular flexibility index (Phi) is 2.70. The van der Waals surface area contributed by atoms with Crippen molar-refractivity contribution in [3.63, 3.8) is 0 Å². The standard InChI is InChI=1S/C12H14BrNO2/c1-12(2)6-16-8-5-4-7(13)9(10(8)12)11(15)14-3/h4-5H,6H2,1-3H3,(H,14,15). The maximum atomic E-state index is 11.9. The van der Waals surface area contributed by atoms with E-state index in [4.69, 9.17) is 4.74 Å². The Labute approximate surface area is 103 Å². The third-order valence-corrected chi connectivity index (χ3v) is 3.50. The SMILES string of the molecule is CNC(=O)c1c(Br)ccc2c1C(C)(C)CO2. The molecule has 0 radical (unpaired) electrons. The summed E-state index contributed by atoms with van der Waals surface area (Å²) in [4.78, 5) is 11.9. The van der Waals surface area contributed by atoms with Gasteiger partial charge in [0.2, 0.25) is 0 Å². The lowest BCUT2D eigenvalue weighted by Crippen LogP contribution is -2.26. The first-order valence-corrected chi connectivity index (χ1v) is 5.94. The van der Waals surface area contributed by atoms with Gasteiger partial charge >= 0.3 is 0 Å². The number of amides is 1. The van der Waals surface area contributed by atoms with Crippen molar-refractivity contribution in [3.05, 3.63) is 27.7 Å². The minimum atomic E-state index is -0.124. The lowest BCUT2D eigenvalue weighted by Gasteiger charge is -2.19. The van der Waals surface area contributed by atoms with Crippen LogP contribution in [0.3, 0.4) is 0 Å². The van der Waals surface area contributed by atoms with Crippen LogP contribution in [-0.2, 0) is 5.41 Å². The lowest BCUT2D eigenvalue weighted by molar-refractivity contribution is 0.0960. The first-order valence-electron chi connectivity index (χ1n) is 5.15. The van der Waals surface area contributed by atoms with E-state index in [9.17, 15) is 4.79 Å². The molecule has 1 aromatic rings. The number of rotatable bonds is 1. The van der Waals surface area contributed by atoms with Crippen LogP contribution < -0.4 is 10.1 Å². The summed E-state index contributed by atoms with van der Waals surface area (Å²) in [5.41, 5.74) is 1.55. The number of nitrogens with one attached hydrogen (secondary N) is 1. The highest BCUT2D eigenvalue weighted by atomic mass is 79.9. The molecule has 1 amide bonds. The molecule has 3 nitrogen and oxygen atoms in total. The Morgan fingerprint density at radius 3 is 2.81 bits per heavy atom. The summed E-state index contributed by atoms with van der Waals surface area (Å²) in [7, 11) is 1.64. The summed E-state index contributed by atoms with van der Waals surface area (Å²) in [6.07, 6.45) is 0. The lowest BCUT2D eigenvalue weighted by atomic mass is 9.83. The fourth-order valence-corrected chi connectivity index (χ4v) is 2.54. The van der Waals surface area contributed by atoms with E-state index in [-0.39, 0.29) is 11.3 Å². The van der Waals surface area contributed by atoms with Crippen molar-refractivity contribution in [2.24, 2.45) is 0 Å². The van der Waals surface area contributed by atoms with E-state index in [0.717, 1.165) is 15.8 Å². The second-order valence-corrected chi connectivity index (χ2v) is 5.40. The van der Waals surface area contributed by atoms with Crippen molar-refractivity contribution in [3.8, 4) is 5.75 Å². The average molecular weight is 284 g/mol. The molecule has 0 atom stereocenters. The van der Waals surface area contributed by atoms with Crippen molar-refractivity contribution >= 4 is 21.8 Å². The van der Waals surface area contributed by atoms with Gasteiger partial charge in [-0.2, -0.15) is 0 Å². The fourth-order valence-electron chi connectivity index (χ4n) is 2.03.